The molecule has 0 bridgehead atoms. The van der Waals surface area contributed by atoms with Crippen LogP contribution in [0.4, 0.5) is 5.69 Å². The van der Waals surface area contributed by atoms with Gasteiger partial charge in [0.25, 0.3) is 10.0 Å². The number of anilines is 1. The molecule has 0 fully saturated rings. The molecule has 0 amide bonds. The molecular weight excluding hydrogens is 360 g/mol. The number of phenolic OH excluding ortho intramolecular Hbond substituents is 1. The van der Waals surface area contributed by atoms with Crippen molar-refractivity contribution < 1.29 is 13.5 Å². The average molecular weight is 391 g/mol. The first-order chi connectivity index (χ1) is 12.8. The fraction of sp³-hybridized carbons (Fsp3) is 0.429. The number of sulfonamides is 1. The maximum absolute atomic E-state index is 13.3. The van der Waals surface area contributed by atoms with Crippen molar-refractivity contribution in [3.8, 4) is 5.75 Å². The van der Waals surface area contributed by atoms with Gasteiger partial charge in [-0.25, -0.2) is 8.42 Å². The summed E-state index contributed by atoms with van der Waals surface area (Å²) < 4.78 is 27.9. The number of benzene rings is 2. The number of para-hydroxylation sites is 1. The van der Waals surface area contributed by atoms with Crippen LogP contribution in [0.5, 0.6) is 5.75 Å². The number of nitrogens with zero attached hydrogens (tertiary/aromatic N) is 1. The third-order valence-electron chi connectivity index (χ3n) is 4.58. The second-order valence-electron chi connectivity index (χ2n) is 7.40. The summed E-state index contributed by atoms with van der Waals surface area (Å²) in [5, 5.41) is 10.8. The van der Waals surface area contributed by atoms with E-state index in [4.69, 9.17) is 5.73 Å². The van der Waals surface area contributed by atoms with Crippen LogP contribution in [0.1, 0.15) is 32.8 Å². The van der Waals surface area contributed by atoms with Crippen molar-refractivity contribution >= 4 is 15.7 Å². The van der Waals surface area contributed by atoms with Crippen molar-refractivity contribution in [2.75, 3.05) is 17.4 Å². The lowest BCUT2D eigenvalue weighted by Gasteiger charge is -2.27. The Bertz CT molecular complexity index is 836. The molecule has 2 aromatic carbocycles. The van der Waals surface area contributed by atoms with Crippen LogP contribution in [0.15, 0.2) is 53.4 Å². The minimum Gasteiger partial charge on any atom is -0.505 e. The molecule has 0 unspecified atom stereocenters. The van der Waals surface area contributed by atoms with E-state index in [0.717, 1.165) is 0 Å². The van der Waals surface area contributed by atoms with Crippen LogP contribution in [0, 0.1) is 11.8 Å². The van der Waals surface area contributed by atoms with Gasteiger partial charge in [0.1, 0.15) is 5.75 Å². The molecule has 27 heavy (non-hydrogen) atoms. The highest BCUT2D eigenvalue weighted by Crippen LogP contribution is 2.35. The van der Waals surface area contributed by atoms with Crippen LogP contribution in [-0.2, 0) is 16.4 Å². The Labute approximate surface area is 162 Å². The molecular formula is C21H30N2O3S. The van der Waals surface area contributed by atoms with Crippen LogP contribution < -0.4 is 10.0 Å². The summed E-state index contributed by atoms with van der Waals surface area (Å²) in [7, 11) is -3.77. The van der Waals surface area contributed by atoms with Crippen LogP contribution >= 0.6 is 0 Å². The third-order valence-corrected chi connectivity index (χ3v) is 6.41. The quantitative estimate of drug-likeness (QED) is 0.683. The number of aromatic hydroxyl groups is 1. The van der Waals surface area contributed by atoms with Gasteiger partial charge in [0.15, 0.2) is 0 Å². The monoisotopic (exact) mass is 390 g/mol. The van der Waals surface area contributed by atoms with Crippen LogP contribution in [0.2, 0.25) is 0 Å². The van der Waals surface area contributed by atoms with E-state index in [0.29, 0.717) is 43.1 Å². The molecule has 6 heteroatoms. The van der Waals surface area contributed by atoms with Gasteiger partial charge in [-0.05, 0) is 55.0 Å². The SMILES string of the molecule is CC(C)CCN(c1cccc(C[C@@H](C)CN)c1O)S(=O)(=O)c1ccccc1. The molecule has 0 heterocycles. The zero-order valence-corrected chi connectivity index (χ0v) is 17.1. The number of hydrogen-bond donors (Lipinski definition) is 2. The van der Waals surface area contributed by atoms with Gasteiger partial charge in [-0.2, -0.15) is 0 Å². The van der Waals surface area contributed by atoms with Gasteiger partial charge in [0, 0.05) is 6.54 Å². The lowest BCUT2D eigenvalue weighted by molar-refractivity contribution is 0.459. The Kier molecular flexibility index (Phi) is 7.27. The number of hydrogen-bond acceptors (Lipinski definition) is 4. The molecule has 0 saturated heterocycles. The van der Waals surface area contributed by atoms with Gasteiger partial charge in [-0.3, -0.25) is 4.31 Å². The maximum Gasteiger partial charge on any atom is 0.264 e. The topological polar surface area (TPSA) is 83.6 Å². The number of phenols is 1. The normalized spacial score (nSPS) is 12.9. The molecule has 2 rings (SSSR count). The molecule has 3 N–H and O–H groups in total. The summed E-state index contributed by atoms with van der Waals surface area (Å²) in [5.74, 6) is 0.545. The molecule has 0 saturated carbocycles. The van der Waals surface area contributed by atoms with Crippen molar-refractivity contribution in [2.45, 2.75) is 38.5 Å². The Morgan fingerprint density at radius 3 is 2.30 bits per heavy atom. The van der Waals surface area contributed by atoms with E-state index < -0.39 is 10.0 Å². The van der Waals surface area contributed by atoms with Crippen LogP contribution in [0.3, 0.4) is 0 Å². The molecule has 0 radical (unpaired) electrons. The zero-order chi connectivity index (χ0) is 20.0. The lowest BCUT2D eigenvalue weighted by Crippen LogP contribution is -2.33. The largest absolute Gasteiger partial charge is 0.505 e. The molecule has 148 valence electrons. The highest BCUT2D eigenvalue weighted by molar-refractivity contribution is 7.92. The predicted octanol–water partition coefficient (Wildman–Crippen LogP) is 3.77. The smallest absolute Gasteiger partial charge is 0.264 e. The van der Waals surface area contributed by atoms with Crippen LogP contribution in [-0.4, -0.2) is 26.6 Å². The van der Waals surface area contributed by atoms with Gasteiger partial charge < -0.3 is 10.8 Å². The molecule has 1 atom stereocenters. The Balaban J connectivity index is 2.50. The van der Waals surface area contributed by atoms with E-state index in [1.165, 1.54) is 4.31 Å². The van der Waals surface area contributed by atoms with Crippen molar-refractivity contribution in [3.05, 3.63) is 54.1 Å². The summed E-state index contributed by atoms with van der Waals surface area (Å²) in [6.45, 7) is 6.91. The molecule has 5 nitrogen and oxygen atoms in total. The highest BCUT2D eigenvalue weighted by Gasteiger charge is 2.27. The van der Waals surface area contributed by atoms with E-state index in [9.17, 15) is 13.5 Å². The van der Waals surface area contributed by atoms with Gasteiger partial charge in [0.2, 0.25) is 0 Å². The maximum atomic E-state index is 13.3. The Morgan fingerprint density at radius 1 is 1.04 bits per heavy atom. The Hall–Kier alpha value is -2.05. The van der Waals surface area contributed by atoms with Gasteiger partial charge in [-0.1, -0.05) is 51.1 Å². The number of nitrogens with two attached hydrogens (primary N) is 1. The summed E-state index contributed by atoms with van der Waals surface area (Å²) in [6, 6.07) is 13.6. The van der Waals surface area contributed by atoms with Crippen molar-refractivity contribution in [3.63, 3.8) is 0 Å². The van der Waals surface area contributed by atoms with E-state index in [2.05, 4.69) is 0 Å². The number of rotatable bonds is 9. The molecule has 0 aliphatic heterocycles. The van der Waals surface area contributed by atoms with E-state index in [1.54, 1.807) is 42.5 Å². The summed E-state index contributed by atoms with van der Waals surface area (Å²) in [5.41, 5.74) is 6.74. The summed E-state index contributed by atoms with van der Waals surface area (Å²) >= 11 is 0. The molecule has 2 aromatic rings. The predicted molar refractivity (Wildman–Crippen MR) is 110 cm³/mol. The van der Waals surface area contributed by atoms with Crippen molar-refractivity contribution in [1.29, 1.82) is 0 Å². The highest BCUT2D eigenvalue weighted by atomic mass is 32.2. The van der Waals surface area contributed by atoms with Gasteiger partial charge in [0.05, 0.1) is 10.6 Å². The lowest BCUT2D eigenvalue weighted by atomic mass is 10.00. The van der Waals surface area contributed by atoms with Gasteiger partial charge in [-0.15, -0.1) is 0 Å². The fourth-order valence-corrected chi connectivity index (χ4v) is 4.38. The first-order valence-corrected chi connectivity index (χ1v) is 10.8. The van der Waals surface area contributed by atoms with E-state index in [-0.39, 0.29) is 16.6 Å². The molecule has 0 spiro atoms. The minimum atomic E-state index is -3.77. The standard InChI is InChI=1S/C21H30N2O3S/c1-16(2)12-13-23(27(25,26)19-9-5-4-6-10-19)20-11-7-8-18(21(20)24)14-17(3)15-22/h4-11,16-17,24H,12-15,22H2,1-3H3/t17-/m1/s1. The molecule has 0 aromatic heterocycles. The third kappa shape index (κ3) is 5.23. The van der Waals surface area contributed by atoms with Crippen molar-refractivity contribution in [2.24, 2.45) is 17.6 Å². The summed E-state index contributed by atoms with van der Waals surface area (Å²) in [6.07, 6.45) is 1.29. The van der Waals surface area contributed by atoms with Crippen molar-refractivity contribution in [1.82, 2.24) is 0 Å². The first-order valence-electron chi connectivity index (χ1n) is 9.36. The summed E-state index contributed by atoms with van der Waals surface area (Å²) in [4.78, 5) is 0.217. The average Bonchev–Trinajstić information content (AvgIpc) is 2.64. The fourth-order valence-electron chi connectivity index (χ4n) is 2.87. The van der Waals surface area contributed by atoms with Gasteiger partial charge >= 0.3 is 0 Å². The molecule has 0 aliphatic rings. The zero-order valence-electron chi connectivity index (χ0n) is 16.3. The van der Waals surface area contributed by atoms with Crippen LogP contribution in [0.25, 0.3) is 0 Å². The van der Waals surface area contributed by atoms with E-state index in [1.807, 2.05) is 26.8 Å². The second kappa shape index (κ2) is 9.24. The first kappa shape index (κ1) is 21.3. The minimum absolute atomic E-state index is 0.0149. The molecule has 0 aliphatic carbocycles. The van der Waals surface area contributed by atoms with E-state index >= 15 is 0 Å². The Morgan fingerprint density at radius 2 is 1.70 bits per heavy atom. The second-order valence-corrected chi connectivity index (χ2v) is 9.26.